The van der Waals surface area contributed by atoms with Crippen molar-refractivity contribution in [3.8, 4) is 0 Å². The maximum atomic E-state index is 6.20. The predicted molar refractivity (Wildman–Crippen MR) is 80.6 cm³/mol. The van der Waals surface area contributed by atoms with E-state index in [9.17, 15) is 0 Å². The Morgan fingerprint density at radius 1 is 1.16 bits per heavy atom. The summed E-state index contributed by atoms with van der Waals surface area (Å²) in [6.07, 6.45) is 1.82. The highest BCUT2D eigenvalue weighted by Crippen LogP contribution is 2.21. The van der Waals surface area contributed by atoms with Gasteiger partial charge in [0.25, 0.3) is 0 Å². The topological polar surface area (TPSA) is 28.2 Å². The molecule has 0 aliphatic carbocycles. The summed E-state index contributed by atoms with van der Waals surface area (Å²) >= 11 is 6.20. The summed E-state index contributed by atoms with van der Waals surface area (Å²) in [5.74, 6) is 0.983. The molecule has 2 rings (SSSR count). The minimum Gasteiger partial charge on any atom is -0.355 e. The van der Waals surface area contributed by atoms with Gasteiger partial charge in [0.05, 0.1) is 0 Å². The molecule has 0 unspecified atom stereocenters. The van der Waals surface area contributed by atoms with E-state index in [0.717, 1.165) is 29.5 Å². The third-order valence-corrected chi connectivity index (χ3v) is 3.33. The van der Waals surface area contributed by atoms with Gasteiger partial charge in [-0.05, 0) is 24.7 Å². The molecule has 0 amide bonds. The van der Waals surface area contributed by atoms with Gasteiger partial charge in [-0.1, -0.05) is 35.9 Å². The first-order valence-corrected chi connectivity index (χ1v) is 6.63. The summed E-state index contributed by atoms with van der Waals surface area (Å²) < 4.78 is 0. The molecule has 1 heterocycles. The maximum absolute atomic E-state index is 6.20. The van der Waals surface area contributed by atoms with E-state index in [0.29, 0.717) is 0 Å². The fourth-order valence-electron chi connectivity index (χ4n) is 2.06. The normalized spacial score (nSPS) is 10.5. The summed E-state index contributed by atoms with van der Waals surface area (Å²) in [5.41, 5.74) is 2.28. The highest BCUT2D eigenvalue weighted by Gasteiger charge is 2.10. The second-order valence-corrected chi connectivity index (χ2v) is 4.87. The van der Waals surface area contributed by atoms with Gasteiger partial charge in [0.1, 0.15) is 5.82 Å². The standard InChI is InChI=1S/C15H18ClN3/c1-17-10-12-7-5-9-18-15(12)19(2)11-13-6-3-4-8-14(13)16/h3-9,17H,10-11H2,1-2H3. The van der Waals surface area contributed by atoms with Crippen molar-refractivity contribution in [2.45, 2.75) is 13.1 Å². The molecule has 3 nitrogen and oxygen atoms in total. The van der Waals surface area contributed by atoms with Gasteiger partial charge in [0.15, 0.2) is 0 Å². The molecule has 0 bridgehead atoms. The van der Waals surface area contributed by atoms with E-state index in [1.807, 2.05) is 50.6 Å². The van der Waals surface area contributed by atoms with Crippen molar-refractivity contribution in [1.82, 2.24) is 10.3 Å². The molecule has 1 N–H and O–H groups in total. The minimum absolute atomic E-state index is 0.743. The van der Waals surface area contributed by atoms with Gasteiger partial charge < -0.3 is 10.2 Å². The first-order valence-electron chi connectivity index (χ1n) is 6.25. The van der Waals surface area contributed by atoms with Gasteiger partial charge in [-0.15, -0.1) is 0 Å². The van der Waals surface area contributed by atoms with Crippen molar-refractivity contribution < 1.29 is 0 Å². The fraction of sp³-hybridized carbons (Fsp3) is 0.267. The van der Waals surface area contributed by atoms with Crippen molar-refractivity contribution >= 4 is 17.4 Å². The molecule has 2 aromatic rings. The van der Waals surface area contributed by atoms with Crippen LogP contribution < -0.4 is 10.2 Å². The predicted octanol–water partition coefficient (Wildman–Crippen LogP) is 3.09. The third-order valence-electron chi connectivity index (χ3n) is 2.96. The van der Waals surface area contributed by atoms with Crippen molar-refractivity contribution in [1.29, 1.82) is 0 Å². The number of nitrogens with zero attached hydrogens (tertiary/aromatic N) is 2. The van der Waals surface area contributed by atoms with Crippen molar-refractivity contribution in [2.24, 2.45) is 0 Å². The van der Waals surface area contributed by atoms with Crippen molar-refractivity contribution in [3.63, 3.8) is 0 Å². The van der Waals surface area contributed by atoms with Crippen LogP contribution in [0.4, 0.5) is 5.82 Å². The van der Waals surface area contributed by atoms with E-state index in [2.05, 4.69) is 21.3 Å². The first-order chi connectivity index (χ1) is 9.22. The summed E-state index contributed by atoms with van der Waals surface area (Å²) in [7, 11) is 3.97. The molecule has 0 aliphatic rings. The minimum atomic E-state index is 0.743. The Morgan fingerprint density at radius 2 is 1.89 bits per heavy atom. The molecular weight excluding hydrogens is 258 g/mol. The number of aromatic nitrogens is 1. The number of rotatable bonds is 5. The molecule has 0 saturated carbocycles. The van der Waals surface area contributed by atoms with Crippen LogP contribution in [0.25, 0.3) is 0 Å². The number of hydrogen-bond acceptors (Lipinski definition) is 3. The number of pyridine rings is 1. The second kappa shape index (κ2) is 6.55. The lowest BCUT2D eigenvalue weighted by Gasteiger charge is -2.21. The molecule has 4 heteroatoms. The smallest absolute Gasteiger partial charge is 0.133 e. The molecule has 0 atom stereocenters. The summed E-state index contributed by atoms with van der Waals surface area (Å²) in [6.45, 7) is 1.55. The number of nitrogens with one attached hydrogen (secondary N) is 1. The van der Waals surface area contributed by atoms with Gasteiger partial charge in [0, 0.05) is 36.9 Å². The molecule has 0 fully saturated rings. The Bertz CT molecular complexity index is 542. The Hall–Kier alpha value is -1.58. The zero-order valence-corrected chi connectivity index (χ0v) is 12.0. The summed E-state index contributed by atoms with van der Waals surface area (Å²) in [6, 6.07) is 11.9. The maximum Gasteiger partial charge on any atom is 0.133 e. The first kappa shape index (κ1) is 13.8. The van der Waals surface area contributed by atoms with Crippen LogP contribution in [0, 0.1) is 0 Å². The molecule has 19 heavy (non-hydrogen) atoms. The highest BCUT2D eigenvalue weighted by atomic mass is 35.5. The van der Waals surface area contributed by atoms with Gasteiger partial charge in [-0.25, -0.2) is 4.98 Å². The van der Waals surface area contributed by atoms with Crippen LogP contribution in [0.3, 0.4) is 0 Å². The van der Waals surface area contributed by atoms with Crippen LogP contribution in [0.5, 0.6) is 0 Å². The van der Waals surface area contributed by atoms with Crippen LogP contribution in [0.15, 0.2) is 42.6 Å². The number of hydrogen-bond donors (Lipinski definition) is 1. The zero-order chi connectivity index (χ0) is 13.7. The molecule has 1 aromatic carbocycles. The average molecular weight is 276 g/mol. The number of anilines is 1. The van der Waals surface area contributed by atoms with Gasteiger partial charge >= 0.3 is 0 Å². The monoisotopic (exact) mass is 275 g/mol. The summed E-state index contributed by atoms with van der Waals surface area (Å²) in [5, 5.41) is 3.95. The molecular formula is C15H18ClN3. The van der Waals surface area contributed by atoms with Gasteiger partial charge in [-0.2, -0.15) is 0 Å². The lowest BCUT2D eigenvalue weighted by atomic mass is 10.2. The Morgan fingerprint density at radius 3 is 2.63 bits per heavy atom. The van der Waals surface area contributed by atoms with Crippen LogP contribution in [0.2, 0.25) is 5.02 Å². The quantitative estimate of drug-likeness (QED) is 0.909. The lowest BCUT2D eigenvalue weighted by Crippen LogP contribution is -2.21. The molecule has 0 spiro atoms. The van der Waals surface area contributed by atoms with Crippen molar-refractivity contribution in [3.05, 3.63) is 58.7 Å². The highest BCUT2D eigenvalue weighted by molar-refractivity contribution is 6.31. The molecule has 0 saturated heterocycles. The van der Waals surface area contributed by atoms with Crippen LogP contribution in [0.1, 0.15) is 11.1 Å². The second-order valence-electron chi connectivity index (χ2n) is 4.46. The fourth-order valence-corrected chi connectivity index (χ4v) is 2.25. The van der Waals surface area contributed by atoms with E-state index >= 15 is 0 Å². The van der Waals surface area contributed by atoms with E-state index in [-0.39, 0.29) is 0 Å². The molecule has 100 valence electrons. The lowest BCUT2D eigenvalue weighted by molar-refractivity contribution is 0.795. The summed E-state index contributed by atoms with van der Waals surface area (Å²) in [4.78, 5) is 6.58. The van der Waals surface area contributed by atoms with Crippen LogP contribution >= 0.6 is 11.6 Å². The third kappa shape index (κ3) is 3.46. The van der Waals surface area contributed by atoms with Crippen LogP contribution in [-0.4, -0.2) is 19.1 Å². The van der Waals surface area contributed by atoms with E-state index in [1.54, 1.807) is 0 Å². The zero-order valence-electron chi connectivity index (χ0n) is 11.2. The molecule has 1 aromatic heterocycles. The van der Waals surface area contributed by atoms with E-state index in [4.69, 9.17) is 11.6 Å². The van der Waals surface area contributed by atoms with Crippen LogP contribution in [-0.2, 0) is 13.1 Å². The Labute approximate surface area is 119 Å². The average Bonchev–Trinajstić information content (AvgIpc) is 2.42. The molecule has 0 aliphatic heterocycles. The van der Waals surface area contributed by atoms with E-state index in [1.165, 1.54) is 5.56 Å². The number of benzene rings is 1. The largest absolute Gasteiger partial charge is 0.355 e. The SMILES string of the molecule is CNCc1cccnc1N(C)Cc1ccccc1Cl. The Balaban J connectivity index is 2.20. The molecule has 0 radical (unpaired) electrons. The Kier molecular flexibility index (Phi) is 4.77. The van der Waals surface area contributed by atoms with Gasteiger partial charge in [0.2, 0.25) is 0 Å². The van der Waals surface area contributed by atoms with Crippen molar-refractivity contribution in [2.75, 3.05) is 19.0 Å². The van der Waals surface area contributed by atoms with Gasteiger partial charge in [-0.3, -0.25) is 0 Å². The number of halogens is 1. The van der Waals surface area contributed by atoms with E-state index < -0.39 is 0 Å².